The van der Waals surface area contributed by atoms with E-state index in [0.29, 0.717) is 11.1 Å². The Kier molecular flexibility index (Phi) is 6.32. The van der Waals surface area contributed by atoms with E-state index in [1.807, 2.05) is 13.8 Å². The van der Waals surface area contributed by atoms with Gasteiger partial charge in [-0.2, -0.15) is 0 Å². The van der Waals surface area contributed by atoms with Gasteiger partial charge in [-0.25, -0.2) is 17.9 Å². The van der Waals surface area contributed by atoms with Crippen LogP contribution in [0.2, 0.25) is 0 Å². The zero-order valence-electron chi connectivity index (χ0n) is 12.5. The minimum atomic E-state index is -3.45. The van der Waals surface area contributed by atoms with Crippen molar-refractivity contribution in [3.63, 3.8) is 0 Å². The van der Waals surface area contributed by atoms with Crippen molar-refractivity contribution in [1.82, 2.24) is 4.72 Å². The highest BCUT2D eigenvalue weighted by molar-refractivity contribution is 7.88. The van der Waals surface area contributed by atoms with Crippen molar-refractivity contribution in [1.29, 1.82) is 0 Å². The van der Waals surface area contributed by atoms with E-state index in [4.69, 9.17) is 5.73 Å². The summed E-state index contributed by atoms with van der Waals surface area (Å²) in [4.78, 5) is 11.3. The summed E-state index contributed by atoms with van der Waals surface area (Å²) in [6.07, 6.45) is 0. The number of ether oxygens (including phenoxy) is 1. The molecule has 7 heteroatoms. The van der Waals surface area contributed by atoms with Gasteiger partial charge >= 0.3 is 5.97 Å². The van der Waals surface area contributed by atoms with Crippen molar-refractivity contribution in [2.75, 3.05) is 13.7 Å². The summed E-state index contributed by atoms with van der Waals surface area (Å²) in [7, 11) is -2.15. The molecule has 0 fully saturated rings. The standard InChI is InChI=1S/C14H22N2O4S/c1-10(2)13(15)8-16-21(18,19)9-11-4-6-12(7-5-11)14(17)20-3/h4-7,10,13,16H,8-9,15H2,1-3H3. The van der Waals surface area contributed by atoms with Crippen molar-refractivity contribution in [3.05, 3.63) is 35.4 Å². The molecule has 1 unspecified atom stereocenters. The largest absolute Gasteiger partial charge is 0.465 e. The molecule has 1 aromatic rings. The van der Waals surface area contributed by atoms with Crippen LogP contribution >= 0.6 is 0 Å². The minimum absolute atomic E-state index is 0.154. The number of hydrogen-bond acceptors (Lipinski definition) is 5. The smallest absolute Gasteiger partial charge is 0.337 e. The fraction of sp³-hybridized carbons (Fsp3) is 0.500. The molecule has 1 atom stereocenters. The third-order valence-electron chi connectivity index (χ3n) is 3.13. The zero-order chi connectivity index (χ0) is 16.0. The van der Waals surface area contributed by atoms with E-state index in [-0.39, 0.29) is 24.3 Å². The Morgan fingerprint density at radius 1 is 1.29 bits per heavy atom. The number of esters is 1. The number of nitrogens with one attached hydrogen (secondary N) is 1. The van der Waals surface area contributed by atoms with Gasteiger partial charge in [0.05, 0.1) is 18.4 Å². The fourth-order valence-corrected chi connectivity index (χ4v) is 2.76. The number of nitrogens with two attached hydrogens (primary N) is 1. The van der Waals surface area contributed by atoms with Gasteiger partial charge in [0.1, 0.15) is 0 Å². The van der Waals surface area contributed by atoms with E-state index in [0.717, 1.165) is 0 Å². The second-order valence-corrected chi connectivity index (χ2v) is 7.01. The molecule has 0 aliphatic heterocycles. The molecule has 1 aromatic carbocycles. The highest BCUT2D eigenvalue weighted by atomic mass is 32.2. The Morgan fingerprint density at radius 2 is 1.86 bits per heavy atom. The summed E-state index contributed by atoms with van der Waals surface area (Å²) in [5.41, 5.74) is 6.78. The van der Waals surface area contributed by atoms with Crippen LogP contribution in [0.15, 0.2) is 24.3 Å². The Balaban J connectivity index is 2.65. The lowest BCUT2D eigenvalue weighted by Gasteiger charge is -2.16. The molecule has 0 radical (unpaired) electrons. The third kappa shape index (κ3) is 5.82. The summed E-state index contributed by atoms with van der Waals surface area (Å²) in [5.74, 6) is -0.406. The number of sulfonamides is 1. The van der Waals surface area contributed by atoms with Gasteiger partial charge in [-0.1, -0.05) is 26.0 Å². The second kappa shape index (κ2) is 7.53. The molecule has 0 bridgehead atoms. The molecule has 21 heavy (non-hydrogen) atoms. The van der Waals surface area contributed by atoms with Gasteiger partial charge in [0, 0.05) is 12.6 Å². The van der Waals surface area contributed by atoms with Crippen LogP contribution in [0.5, 0.6) is 0 Å². The first-order chi connectivity index (χ1) is 9.75. The van der Waals surface area contributed by atoms with Crippen molar-refractivity contribution >= 4 is 16.0 Å². The molecule has 0 aliphatic rings. The molecule has 0 amide bonds. The first kappa shape index (κ1) is 17.6. The van der Waals surface area contributed by atoms with Crippen molar-refractivity contribution < 1.29 is 17.9 Å². The van der Waals surface area contributed by atoms with Crippen LogP contribution in [0, 0.1) is 5.92 Å². The summed E-state index contributed by atoms with van der Waals surface area (Å²) < 4.78 is 31.0. The molecular weight excluding hydrogens is 292 g/mol. The molecule has 0 spiro atoms. The van der Waals surface area contributed by atoms with Crippen molar-refractivity contribution in [2.24, 2.45) is 11.7 Å². The van der Waals surface area contributed by atoms with Gasteiger partial charge in [0.25, 0.3) is 0 Å². The van der Waals surface area contributed by atoms with Crippen LogP contribution in [0.1, 0.15) is 29.8 Å². The molecule has 0 heterocycles. The molecule has 118 valence electrons. The number of carbonyl (C=O) groups excluding carboxylic acids is 1. The lowest BCUT2D eigenvalue weighted by atomic mass is 10.1. The number of benzene rings is 1. The van der Waals surface area contributed by atoms with E-state index < -0.39 is 16.0 Å². The zero-order valence-corrected chi connectivity index (χ0v) is 13.3. The third-order valence-corrected chi connectivity index (χ3v) is 4.45. The SMILES string of the molecule is COC(=O)c1ccc(CS(=O)(=O)NCC(N)C(C)C)cc1. The van der Waals surface area contributed by atoms with E-state index in [1.165, 1.54) is 19.2 Å². The van der Waals surface area contributed by atoms with E-state index in [1.54, 1.807) is 12.1 Å². The molecule has 1 rings (SSSR count). The van der Waals surface area contributed by atoms with Gasteiger partial charge in [-0.15, -0.1) is 0 Å². The van der Waals surface area contributed by atoms with Crippen LogP contribution in [0.4, 0.5) is 0 Å². The number of carbonyl (C=O) groups is 1. The van der Waals surface area contributed by atoms with Gasteiger partial charge in [-0.05, 0) is 23.6 Å². The molecule has 0 aromatic heterocycles. The highest BCUT2D eigenvalue weighted by Gasteiger charge is 2.15. The van der Waals surface area contributed by atoms with Crippen LogP contribution in [0.3, 0.4) is 0 Å². The van der Waals surface area contributed by atoms with E-state index in [9.17, 15) is 13.2 Å². The molecule has 0 saturated carbocycles. The van der Waals surface area contributed by atoms with Crippen LogP contribution in [-0.2, 0) is 20.5 Å². The number of hydrogen-bond donors (Lipinski definition) is 2. The Bertz CT molecular complexity index is 567. The van der Waals surface area contributed by atoms with Gasteiger partial charge in [0.2, 0.25) is 10.0 Å². The quantitative estimate of drug-likeness (QED) is 0.728. The topological polar surface area (TPSA) is 98.5 Å². The fourth-order valence-electron chi connectivity index (χ4n) is 1.58. The predicted octanol–water partition coefficient (Wildman–Crippen LogP) is 0.876. The van der Waals surface area contributed by atoms with Gasteiger partial charge in [0.15, 0.2) is 0 Å². The summed E-state index contributed by atoms with van der Waals surface area (Å²) >= 11 is 0. The molecule has 3 N–H and O–H groups in total. The van der Waals surface area contributed by atoms with Gasteiger partial charge < -0.3 is 10.5 Å². The first-order valence-electron chi connectivity index (χ1n) is 6.65. The minimum Gasteiger partial charge on any atom is -0.465 e. The lowest BCUT2D eigenvalue weighted by molar-refractivity contribution is 0.0600. The summed E-state index contributed by atoms with van der Waals surface area (Å²) in [6.45, 7) is 4.08. The normalized spacial score (nSPS) is 13.2. The van der Waals surface area contributed by atoms with Crippen molar-refractivity contribution in [3.8, 4) is 0 Å². The van der Waals surface area contributed by atoms with Crippen molar-refractivity contribution in [2.45, 2.75) is 25.6 Å². The Labute approximate surface area is 125 Å². The van der Waals surface area contributed by atoms with E-state index in [2.05, 4.69) is 9.46 Å². The average molecular weight is 314 g/mol. The number of methoxy groups -OCH3 is 1. The van der Waals surface area contributed by atoms with Gasteiger partial charge in [-0.3, -0.25) is 0 Å². The Hall–Kier alpha value is -1.44. The van der Waals surface area contributed by atoms with Crippen LogP contribution in [0.25, 0.3) is 0 Å². The van der Waals surface area contributed by atoms with Crippen LogP contribution < -0.4 is 10.5 Å². The maximum Gasteiger partial charge on any atom is 0.337 e. The summed E-state index contributed by atoms with van der Waals surface area (Å²) in [5, 5.41) is 0. The monoisotopic (exact) mass is 314 g/mol. The molecule has 6 nitrogen and oxygen atoms in total. The maximum atomic E-state index is 11.9. The molecular formula is C14H22N2O4S. The molecule has 0 aliphatic carbocycles. The first-order valence-corrected chi connectivity index (χ1v) is 8.30. The summed E-state index contributed by atoms with van der Waals surface area (Å²) in [6, 6.07) is 6.04. The predicted molar refractivity (Wildman–Crippen MR) is 81.2 cm³/mol. The van der Waals surface area contributed by atoms with E-state index >= 15 is 0 Å². The van der Waals surface area contributed by atoms with Crippen LogP contribution in [-0.4, -0.2) is 34.1 Å². The second-order valence-electron chi connectivity index (χ2n) is 5.20. The molecule has 0 saturated heterocycles. The maximum absolute atomic E-state index is 11.9. The number of rotatable bonds is 7. The lowest BCUT2D eigenvalue weighted by Crippen LogP contribution is -2.40. The highest BCUT2D eigenvalue weighted by Crippen LogP contribution is 2.09. The Morgan fingerprint density at radius 3 is 2.33 bits per heavy atom. The average Bonchev–Trinajstić information content (AvgIpc) is 2.44.